The molecule has 0 radical (unpaired) electrons. The first-order chi connectivity index (χ1) is 10.8. The van der Waals surface area contributed by atoms with Gasteiger partial charge in [-0.05, 0) is 88.0 Å². The van der Waals surface area contributed by atoms with Crippen LogP contribution in [0.5, 0.6) is 0 Å². The van der Waals surface area contributed by atoms with Crippen LogP contribution in [0.2, 0.25) is 0 Å². The molecule has 8 unspecified atom stereocenters. The zero-order valence-electron chi connectivity index (χ0n) is 14.8. The first kappa shape index (κ1) is 15.9. The van der Waals surface area contributed by atoms with Gasteiger partial charge in [-0.15, -0.1) is 0 Å². The standard InChI is InChI=1S/C19H32N2O2/c1-11-12-4-5-13(8-12)15(11)10-23-17(22)18(2,20)19(3)16-7-6-14(16)9-21-19/h11-16,21H,4-10,20H2,1-3H3. The van der Waals surface area contributed by atoms with E-state index >= 15 is 0 Å². The molecule has 8 atom stereocenters. The zero-order valence-corrected chi connectivity index (χ0v) is 14.8. The van der Waals surface area contributed by atoms with Crippen molar-refractivity contribution in [3.8, 4) is 0 Å². The molecule has 0 amide bonds. The van der Waals surface area contributed by atoms with Crippen LogP contribution in [0.1, 0.15) is 52.9 Å². The minimum Gasteiger partial charge on any atom is -0.464 e. The highest BCUT2D eigenvalue weighted by Crippen LogP contribution is 2.52. The number of esters is 1. The first-order valence-corrected chi connectivity index (χ1v) is 9.55. The van der Waals surface area contributed by atoms with Gasteiger partial charge in [0.05, 0.1) is 6.61 Å². The molecule has 4 nitrogen and oxygen atoms in total. The third kappa shape index (κ3) is 2.13. The Morgan fingerprint density at radius 1 is 1.26 bits per heavy atom. The number of fused-ring (bicyclic) bond motifs is 3. The number of carbonyl (C=O) groups is 1. The van der Waals surface area contributed by atoms with Crippen molar-refractivity contribution >= 4 is 5.97 Å². The average molecular weight is 320 g/mol. The summed E-state index contributed by atoms with van der Waals surface area (Å²) in [5.74, 6) is 3.87. The summed E-state index contributed by atoms with van der Waals surface area (Å²) in [4.78, 5) is 12.8. The highest BCUT2D eigenvalue weighted by Gasteiger charge is 2.60. The van der Waals surface area contributed by atoms with Gasteiger partial charge in [0.25, 0.3) is 0 Å². The van der Waals surface area contributed by atoms with Gasteiger partial charge in [-0.1, -0.05) is 6.92 Å². The van der Waals surface area contributed by atoms with E-state index in [0.29, 0.717) is 30.3 Å². The van der Waals surface area contributed by atoms with Crippen molar-refractivity contribution in [3.63, 3.8) is 0 Å². The summed E-state index contributed by atoms with van der Waals surface area (Å²) in [6, 6.07) is 0. The Kier molecular flexibility index (Phi) is 3.59. The van der Waals surface area contributed by atoms with Gasteiger partial charge in [0.15, 0.2) is 0 Å². The van der Waals surface area contributed by atoms with Gasteiger partial charge < -0.3 is 15.8 Å². The molecule has 0 aromatic carbocycles. The highest BCUT2D eigenvalue weighted by atomic mass is 16.5. The van der Waals surface area contributed by atoms with Crippen LogP contribution in [0, 0.1) is 35.5 Å². The van der Waals surface area contributed by atoms with Crippen LogP contribution in [0.25, 0.3) is 0 Å². The van der Waals surface area contributed by atoms with E-state index in [-0.39, 0.29) is 11.5 Å². The van der Waals surface area contributed by atoms with Gasteiger partial charge in [0.1, 0.15) is 5.54 Å². The fraction of sp³-hybridized carbons (Fsp3) is 0.947. The normalized spacial score (nSPS) is 50.3. The van der Waals surface area contributed by atoms with Crippen LogP contribution < -0.4 is 11.1 Å². The Balaban J connectivity index is 1.40. The fourth-order valence-electron chi connectivity index (χ4n) is 6.14. The monoisotopic (exact) mass is 320 g/mol. The first-order valence-electron chi connectivity index (χ1n) is 9.55. The number of hydrogen-bond donors (Lipinski definition) is 2. The number of ether oxygens (including phenoxy) is 1. The molecule has 4 rings (SSSR count). The highest BCUT2D eigenvalue weighted by molar-refractivity contribution is 5.82. The van der Waals surface area contributed by atoms with Crippen LogP contribution in [-0.2, 0) is 9.53 Å². The zero-order chi connectivity index (χ0) is 16.4. The second kappa shape index (κ2) is 5.19. The molecule has 0 aromatic heterocycles. The lowest BCUT2D eigenvalue weighted by Gasteiger charge is -2.47. The molecular formula is C19H32N2O2. The van der Waals surface area contributed by atoms with E-state index in [4.69, 9.17) is 10.5 Å². The molecule has 0 aromatic rings. The van der Waals surface area contributed by atoms with Crippen molar-refractivity contribution in [2.45, 2.75) is 64.0 Å². The van der Waals surface area contributed by atoms with Crippen molar-refractivity contribution in [1.29, 1.82) is 0 Å². The number of carbonyl (C=O) groups excluding carboxylic acids is 1. The molecule has 2 bridgehead atoms. The van der Waals surface area contributed by atoms with E-state index in [2.05, 4.69) is 19.2 Å². The topological polar surface area (TPSA) is 64.3 Å². The molecule has 23 heavy (non-hydrogen) atoms. The largest absolute Gasteiger partial charge is 0.464 e. The molecule has 4 fully saturated rings. The number of rotatable bonds is 4. The van der Waals surface area contributed by atoms with Crippen LogP contribution in [-0.4, -0.2) is 30.2 Å². The van der Waals surface area contributed by atoms with Crippen molar-refractivity contribution < 1.29 is 9.53 Å². The Bertz CT molecular complexity index is 504. The van der Waals surface area contributed by atoms with Gasteiger partial charge in [0.2, 0.25) is 0 Å². The second-order valence-electron chi connectivity index (χ2n) is 9.18. The summed E-state index contributed by atoms with van der Waals surface area (Å²) in [6.07, 6.45) is 6.47. The van der Waals surface area contributed by atoms with E-state index in [1.54, 1.807) is 0 Å². The minimum atomic E-state index is -0.951. The molecule has 3 aliphatic carbocycles. The number of nitrogens with two attached hydrogens (primary N) is 1. The maximum Gasteiger partial charge on any atom is 0.327 e. The van der Waals surface area contributed by atoms with Crippen molar-refractivity contribution in [1.82, 2.24) is 5.32 Å². The van der Waals surface area contributed by atoms with E-state index in [0.717, 1.165) is 18.4 Å². The minimum absolute atomic E-state index is 0.213. The third-order valence-corrected chi connectivity index (χ3v) is 8.34. The average Bonchev–Trinajstić information content (AvgIpc) is 3.10. The SMILES string of the molecule is CC1C2CCC(C2)C1COC(=O)C(C)(N)C1(C)NCC2CCC21. The molecule has 1 heterocycles. The summed E-state index contributed by atoms with van der Waals surface area (Å²) in [7, 11) is 0. The quantitative estimate of drug-likeness (QED) is 0.780. The molecule has 4 heteroatoms. The predicted molar refractivity (Wildman–Crippen MR) is 89.7 cm³/mol. The van der Waals surface area contributed by atoms with E-state index in [9.17, 15) is 4.79 Å². The summed E-state index contributed by atoms with van der Waals surface area (Å²) in [5.41, 5.74) is 5.27. The smallest absolute Gasteiger partial charge is 0.327 e. The third-order valence-electron chi connectivity index (χ3n) is 8.34. The Hall–Kier alpha value is -0.610. The molecule has 3 saturated carbocycles. The van der Waals surface area contributed by atoms with Gasteiger partial charge in [0, 0.05) is 5.54 Å². The molecule has 3 N–H and O–H groups in total. The van der Waals surface area contributed by atoms with Crippen molar-refractivity contribution in [2.24, 2.45) is 41.2 Å². The lowest BCUT2D eigenvalue weighted by molar-refractivity contribution is -0.156. The van der Waals surface area contributed by atoms with Crippen molar-refractivity contribution in [2.75, 3.05) is 13.2 Å². The number of nitrogens with one attached hydrogen (secondary N) is 1. The van der Waals surface area contributed by atoms with Crippen molar-refractivity contribution in [3.05, 3.63) is 0 Å². The number of hydrogen-bond acceptors (Lipinski definition) is 4. The Morgan fingerprint density at radius 2 is 1.96 bits per heavy atom. The Labute approximate surface area is 139 Å². The van der Waals surface area contributed by atoms with Gasteiger partial charge in [-0.2, -0.15) is 0 Å². The summed E-state index contributed by atoms with van der Waals surface area (Å²) in [6.45, 7) is 7.89. The van der Waals surface area contributed by atoms with E-state index in [1.165, 1.54) is 32.1 Å². The van der Waals surface area contributed by atoms with E-state index in [1.807, 2.05) is 6.92 Å². The second-order valence-corrected chi connectivity index (χ2v) is 9.18. The molecule has 4 aliphatic rings. The molecule has 1 saturated heterocycles. The lowest BCUT2D eigenvalue weighted by atomic mass is 9.61. The lowest BCUT2D eigenvalue weighted by Crippen LogP contribution is -2.70. The van der Waals surface area contributed by atoms with Gasteiger partial charge in [-0.3, -0.25) is 0 Å². The van der Waals surface area contributed by atoms with Crippen LogP contribution >= 0.6 is 0 Å². The maximum absolute atomic E-state index is 12.8. The van der Waals surface area contributed by atoms with Gasteiger partial charge in [-0.25, -0.2) is 4.79 Å². The molecular weight excluding hydrogens is 288 g/mol. The predicted octanol–water partition coefficient (Wildman–Crippen LogP) is 2.32. The molecule has 1 aliphatic heterocycles. The summed E-state index contributed by atoms with van der Waals surface area (Å²) in [5, 5.41) is 3.55. The maximum atomic E-state index is 12.8. The van der Waals surface area contributed by atoms with Crippen LogP contribution in [0.3, 0.4) is 0 Å². The van der Waals surface area contributed by atoms with Crippen LogP contribution in [0.4, 0.5) is 0 Å². The van der Waals surface area contributed by atoms with Gasteiger partial charge >= 0.3 is 5.97 Å². The van der Waals surface area contributed by atoms with Crippen LogP contribution in [0.15, 0.2) is 0 Å². The molecule has 130 valence electrons. The summed E-state index contributed by atoms with van der Waals surface area (Å²) < 4.78 is 5.80. The Morgan fingerprint density at radius 3 is 2.52 bits per heavy atom. The molecule has 0 spiro atoms. The summed E-state index contributed by atoms with van der Waals surface area (Å²) >= 11 is 0. The fourth-order valence-corrected chi connectivity index (χ4v) is 6.14. The van der Waals surface area contributed by atoms with E-state index < -0.39 is 5.54 Å².